The number of rotatable bonds is 5. The molecule has 8 nitrogen and oxygen atoms in total. The summed E-state index contributed by atoms with van der Waals surface area (Å²) in [7, 11) is 0. The zero-order chi connectivity index (χ0) is 19.1. The van der Waals surface area contributed by atoms with E-state index in [0.29, 0.717) is 23.6 Å². The molecule has 4 aliphatic rings. The first-order valence-electron chi connectivity index (χ1n) is 9.71. The van der Waals surface area contributed by atoms with Crippen LogP contribution in [0.3, 0.4) is 0 Å². The number of nitrogens with one attached hydrogen (secondary N) is 2. The summed E-state index contributed by atoms with van der Waals surface area (Å²) in [6.45, 7) is 4.62. The van der Waals surface area contributed by atoms with Gasteiger partial charge in [-0.25, -0.2) is 4.79 Å². The molecule has 0 saturated carbocycles. The molecule has 0 bridgehead atoms. The van der Waals surface area contributed by atoms with E-state index < -0.39 is 18.2 Å². The first-order valence-corrected chi connectivity index (χ1v) is 10.6. The third-order valence-electron chi connectivity index (χ3n) is 6.21. The number of piperidine rings is 1. The Morgan fingerprint density at radius 1 is 1.37 bits per heavy atom. The minimum absolute atomic E-state index is 0.157. The Labute approximate surface area is 162 Å². The number of carboxylic acid groups (broad SMARTS) is 1. The van der Waals surface area contributed by atoms with Crippen LogP contribution in [-0.4, -0.2) is 70.2 Å². The van der Waals surface area contributed by atoms with Gasteiger partial charge in [0, 0.05) is 29.2 Å². The maximum Gasteiger partial charge on any atom is 0.512 e. The number of hydrogen-bond acceptors (Lipinski definition) is 7. The Hall–Kier alpha value is -1.29. The number of thioether (sulfide) groups is 1. The number of carbonyl (C=O) groups excluding carboxylic acids is 1. The third kappa shape index (κ3) is 3.57. The lowest BCUT2D eigenvalue weighted by atomic mass is 9.84. The average Bonchev–Trinajstić information content (AvgIpc) is 3.19. The van der Waals surface area contributed by atoms with E-state index in [1.807, 2.05) is 0 Å². The molecule has 4 rings (SSSR count). The molecule has 0 unspecified atom stereocenters. The Morgan fingerprint density at radius 2 is 2.11 bits per heavy atom. The smallest absolute Gasteiger partial charge is 0.449 e. The standard InChI is InChI=1S/C18H27N3O5S/c1-9(22)15-13-7-14(17(26-18(24)25)21(13)16(15)23)27-11-6-12(20-8-11)10-2-4-19-5-3-10/h9-13,15,19-20,22H,2-8H2,1H3,(H,24,25)/t9-,11+,12+,13-,15-/m1/s1. The first-order chi connectivity index (χ1) is 13.0. The number of nitrogens with zero attached hydrogens (tertiary/aromatic N) is 1. The summed E-state index contributed by atoms with van der Waals surface area (Å²) < 4.78 is 4.98. The van der Waals surface area contributed by atoms with Gasteiger partial charge in [-0.1, -0.05) is 0 Å². The van der Waals surface area contributed by atoms with Gasteiger partial charge in [-0.15, -0.1) is 11.8 Å². The topological polar surface area (TPSA) is 111 Å². The number of aliphatic hydroxyl groups excluding tert-OH is 1. The summed E-state index contributed by atoms with van der Waals surface area (Å²) >= 11 is 1.63. The molecule has 3 saturated heterocycles. The molecule has 4 N–H and O–H groups in total. The number of aliphatic hydroxyl groups is 1. The summed E-state index contributed by atoms with van der Waals surface area (Å²) in [6, 6.07) is 0.309. The number of amides is 1. The van der Waals surface area contributed by atoms with Crippen molar-refractivity contribution < 1.29 is 24.5 Å². The lowest BCUT2D eigenvalue weighted by molar-refractivity contribution is -0.160. The molecule has 0 spiro atoms. The third-order valence-corrected chi connectivity index (χ3v) is 7.53. The summed E-state index contributed by atoms with van der Waals surface area (Å²) in [5.74, 6) is 0.119. The van der Waals surface area contributed by atoms with Crippen LogP contribution in [0.15, 0.2) is 10.8 Å². The van der Waals surface area contributed by atoms with Crippen molar-refractivity contribution in [2.24, 2.45) is 11.8 Å². The Kier molecular flexibility index (Phi) is 5.37. The van der Waals surface area contributed by atoms with E-state index in [1.165, 1.54) is 17.7 Å². The van der Waals surface area contributed by atoms with Crippen LogP contribution in [0.1, 0.15) is 32.6 Å². The van der Waals surface area contributed by atoms with Crippen molar-refractivity contribution in [3.63, 3.8) is 0 Å². The van der Waals surface area contributed by atoms with Crippen molar-refractivity contribution in [1.82, 2.24) is 15.5 Å². The summed E-state index contributed by atoms with van der Waals surface area (Å²) in [5, 5.41) is 26.3. The van der Waals surface area contributed by atoms with Crippen LogP contribution in [-0.2, 0) is 9.53 Å². The van der Waals surface area contributed by atoms with Gasteiger partial charge in [0.15, 0.2) is 0 Å². The van der Waals surface area contributed by atoms with Gasteiger partial charge >= 0.3 is 6.16 Å². The molecule has 9 heteroatoms. The van der Waals surface area contributed by atoms with Crippen LogP contribution in [0.5, 0.6) is 0 Å². The van der Waals surface area contributed by atoms with Gasteiger partial charge in [-0.3, -0.25) is 9.69 Å². The van der Waals surface area contributed by atoms with Crippen molar-refractivity contribution in [1.29, 1.82) is 0 Å². The maximum atomic E-state index is 12.3. The molecule has 4 aliphatic heterocycles. The van der Waals surface area contributed by atoms with Crippen LogP contribution in [0.4, 0.5) is 4.79 Å². The number of β-lactam (4-membered cyclic amide) rings is 1. The Morgan fingerprint density at radius 3 is 2.78 bits per heavy atom. The Balaban J connectivity index is 1.43. The van der Waals surface area contributed by atoms with Crippen LogP contribution >= 0.6 is 11.8 Å². The lowest BCUT2D eigenvalue weighted by Gasteiger charge is -2.44. The molecule has 3 fully saturated rings. The van der Waals surface area contributed by atoms with Crippen LogP contribution in [0.2, 0.25) is 0 Å². The number of ether oxygens (including phenoxy) is 1. The van der Waals surface area contributed by atoms with Crippen molar-refractivity contribution in [3.8, 4) is 0 Å². The molecule has 27 heavy (non-hydrogen) atoms. The minimum Gasteiger partial charge on any atom is -0.449 e. The maximum absolute atomic E-state index is 12.3. The van der Waals surface area contributed by atoms with Gasteiger partial charge in [-0.05, 0) is 45.2 Å². The van der Waals surface area contributed by atoms with Gasteiger partial charge in [0.2, 0.25) is 11.8 Å². The van der Waals surface area contributed by atoms with E-state index in [1.54, 1.807) is 18.7 Å². The molecular formula is C18H27N3O5S. The quantitative estimate of drug-likeness (QED) is 0.400. The molecule has 0 aromatic carbocycles. The highest BCUT2D eigenvalue weighted by atomic mass is 32.2. The fourth-order valence-electron chi connectivity index (χ4n) is 4.89. The molecule has 4 heterocycles. The molecule has 0 aromatic heterocycles. The molecule has 150 valence electrons. The van der Waals surface area contributed by atoms with Crippen molar-refractivity contribution in [3.05, 3.63) is 10.8 Å². The van der Waals surface area contributed by atoms with Crippen LogP contribution < -0.4 is 10.6 Å². The van der Waals surface area contributed by atoms with Gasteiger partial charge in [0.1, 0.15) is 0 Å². The monoisotopic (exact) mass is 397 g/mol. The van der Waals surface area contributed by atoms with Crippen LogP contribution in [0, 0.1) is 11.8 Å². The van der Waals surface area contributed by atoms with E-state index in [0.717, 1.165) is 31.0 Å². The first kappa shape index (κ1) is 19.0. The van der Waals surface area contributed by atoms with E-state index in [-0.39, 0.29) is 17.8 Å². The Bertz CT molecular complexity index is 649. The van der Waals surface area contributed by atoms with Crippen molar-refractivity contribution in [2.75, 3.05) is 19.6 Å². The molecular weight excluding hydrogens is 370 g/mol. The SMILES string of the molecule is C[C@@H](O)[C@H]1C(=O)N2C(OC(=O)O)=C(S[C@@H]3CN[C@H](C4CCNCC4)C3)C[C@H]12. The fourth-order valence-corrected chi connectivity index (χ4v) is 6.29. The van der Waals surface area contributed by atoms with E-state index in [4.69, 9.17) is 9.84 Å². The van der Waals surface area contributed by atoms with Gasteiger partial charge in [0.25, 0.3) is 0 Å². The van der Waals surface area contributed by atoms with E-state index >= 15 is 0 Å². The minimum atomic E-state index is -1.41. The predicted molar refractivity (Wildman–Crippen MR) is 99.9 cm³/mol. The average molecular weight is 397 g/mol. The summed E-state index contributed by atoms with van der Waals surface area (Å²) in [5.41, 5.74) is 0. The van der Waals surface area contributed by atoms with E-state index in [2.05, 4.69) is 10.6 Å². The number of fused-ring (bicyclic) bond motifs is 1. The number of carbonyl (C=O) groups is 2. The lowest BCUT2D eigenvalue weighted by Crippen LogP contribution is -2.61. The number of hydrogen-bond donors (Lipinski definition) is 4. The zero-order valence-corrected chi connectivity index (χ0v) is 16.2. The molecule has 0 aliphatic carbocycles. The highest BCUT2D eigenvalue weighted by Gasteiger charge is 2.57. The fraction of sp³-hybridized carbons (Fsp3) is 0.778. The highest BCUT2D eigenvalue weighted by molar-refractivity contribution is 8.03. The second kappa shape index (κ2) is 7.62. The van der Waals surface area contributed by atoms with Crippen molar-refractivity contribution >= 4 is 23.8 Å². The van der Waals surface area contributed by atoms with Gasteiger partial charge < -0.3 is 25.6 Å². The van der Waals surface area contributed by atoms with Crippen LogP contribution in [0.25, 0.3) is 0 Å². The second-order valence-electron chi connectivity index (χ2n) is 7.92. The largest absolute Gasteiger partial charge is 0.512 e. The summed E-state index contributed by atoms with van der Waals surface area (Å²) in [6.07, 6.45) is 1.82. The molecule has 1 amide bonds. The predicted octanol–water partition coefficient (Wildman–Crippen LogP) is 0.925. The zero-order valence-electron chi connectivity index (χ0n) is 15.4. The second-order valence-corrected chi connectivity index (χ2v) is 9.32. The molecule has 0 radical (unpaired) electrons. The molecule has 0 aromatic rings. The molecule has 5 atom stereocenters. The van der Waals surface area contributed by atoms with E-state index in [9.17, 15) is 14.7 Å². The highest BCUT2D eigenvalue weighted by Crippen LogP contribution is 2.49. The van der Waals surface area contributed by atoms with Gasteiger partial charge in [-0.2, -0.15) is 0 Å². The van der Waals surface area contributed by atoms with Gasteiger partial charge in [0.05, 0.1) is 18.1 Å². The van der Waals surface area contributed by atoms with Crippen molar-refractivity contribution in [2.45, 2.75) is 56.0 Å². The normalized spacial score (nSPS) is 35.2. The summed E-state index contributed by atoms with van der Waals surface area (Å²) in [4.78, 5) is 25.7.